The molecule has 0 unspecified atom stereocenters. The number of nitrogens with zero attached hydrogens (tertiary/aromatic N) is 1. The van der Waals surface area contributed by atoms with E-state index < -0.39 is 10.0 Å². The third-order valence-electron chi connectivity index (χ3n) is 4.35. The molecule has 1 fully saturated rings. The Kier molecular flexibility index (Phi) is 9.15. The van der Waals surface area contributed by atoms with Gasteiger partial charge in [-0.05, 0) is 56.2 Å². The molecule has 0 saturated heterocycles. The van der Waals surface area contributed by atoms with Gasteiger partial charge < -0.3 is 10.6 Å². The molecule has 4 N–H and O–H groups in total. The lowest BCUT2D eigenvalue weighted by Crippen LogP contribution is -2.44. The predicted octanol–water partition coefficient (Wildman–Crippen LogP) is 2.59. The molecule has 1 aromatic rings. The third kappa shape index (κ3) is 7.49. The zero-order valence-corrected chi connectivity index (χ0v) is 18.0. The Morgan fingerprint density at radius 2 is 1.96 bits per heavy atom. The van der Waals surface area contributed by atoms with Crippen LogP contribution in [0.4, 0.5) is 0 Å². The molecule has 8 heteroatoms. The van der Waals surface area contributed by atoms with Crippen LogP contribution in [0.2, 0.25) is 0 Å². The van der Waals surface area contributed by atoms with Gasteiger partial charge in [-0.15, -0.1) is 24.0 Å². The highest BCUT2D eigenvalue weighted by atomic mass is 127. The van der Waals surface area contributed by atoms with Gasteiger partial charge in [0.25, 0.3) is 0 Å². The van der Waals surface area contributed by atoms with Crippen molar-refractivity contribution in [1.82, 2.24) is 10.6 Å². The normalized spacial score (nSPS) is 21.3. The number of nitrogens with one attached hydrogen (secondary N) is 2. The van der Waals surface area contributed by atoms with E-state index in [1.807, 2.05) is 13.0 Å². The van der Waals surface area contributed by atoms with Crippen molar-refractivity contribution in [3.05, 3.63) is 29.8 Å². The van der Waals surface area contributed by atoms with E-state index in [-0.39, 0.29) is 28.9 Å². The van der Waals surface area contributed by atoms with Crippen LogP contribution < -0.4 is 15.8 Å². The monoisotopic (exact) mass is 480 g/mol. The minimum absolute atomic E-state index is 0. The summed E-state index contributed by atoms with van der Waals surface area (Å²) in [5.74, 6) is 1.58. The van der Waals surface area contributed by atoms with Gasteiger partial charge in [-0.1, -0.05) is 19.1 Å². The molecule has 0 heterocycles. The first-order valence-corrected chi connectivity index (χ1v) is 10.1. The van der Waals surface area contributed by atoms with E-state index in [1.165, 1.54) is 18.9 Å². The van der Waals surface area contributed by atoms with Gasteiger partial charge in [0.15, 0.2) is 5.96 Å². The molecule has 1 aromatic carbocycles. The van der Waals surface area contributed by atoms with Crippen LogP contribution in [0, 0.1) is 5.92 Å². The maximum Gasteiger partial charge on any atom is 0.238 e. The summed E-state index contributed by atoms with van der Waals surface area (Å²) >= 11 is 0. The number of aliphatic imine (C=N–C) groups is 1. The molecule has 0 aromatic heterocycles. The molecule has 0 aliphatic heterocycles. The number of rotatable bonds is 5. The summed E-state index contributed by atoms with van der Waals surface area (Å²) < 4.78 is 22.9. The Balaban J connectivity index is 0.00000312. The number of guanidine groups is 1. The van der Waals surface area contributed by atoms with Crippen molar-refractivity contribution in [3.8, 4) is 0 Å². The highest BCUT2D eigenvalue weighted by molar-refractivity contribution is 14.0. The molecular weight excluding hydrogens is 451 g/mol. The van der Waals surface area contributed by atoms with E-state index in [2.05, 4.69) is 22.5 Å². The van der Waals surface area contributed by atoms with E-state index in [0.717, 1.165) is 36.8 Å². The Labute approximate surface area is 168 Å². The Morgan fingerprint density at radius 3 is 2.56 bits per heavy atom. The zero-order valence-electron chi connectivity index (χ0n) is 14.9. The number of hydrogen-bond acceptors (Lipinski definition) is 3. The minimum atomic E-state index is -3.68. The smallest absolute Gasteiger partial charge is 0.238 e. The van der Waals surface area contributed by atoms with Crippen molar-refractivity contribution >= 4 is 40.0 Å². The first-order chi connectivity index (χ1) is 11.4. The number of benzene rings is 1. The number of hydrogen-bond donors (Lipinski definition) is 3. The average molecular weight is 480 g/mol. The van der Waals surface area contributed by atoms with Crippen LogP contribution in [0.25, 0.3) is 0 Å². The van der Waals surface area contributed by atoms with Crippen LogP contribution in [-0.2, 0) is 16.6 Å². The van der Waals surface area contributed by atoms with Crippen LogP contribution in [0.3, 0.4) is 0 Å². The summed E-state index contributed by atoms with van der Waals surface area (Å²) in [6, 6.07) is 7.06. The zero-order chi connectivity index (χ0) is 17.6. The van der Waals surface area contributed by atoms with Crippen molar-refractivity contribution < 1.29 is 8.42 Å². The Bertz CT molecular complexity index is 671. The summed E-state index contributed by atoms with van der Waals surface area (Å²) in [5.41, 5.74) is 0.816. The van der Waals surface area contributed by atoms with Gasteiger partial charge in [0, 0.05) is 12.6 Å². The quantitative estimate of drug-likeness (QED) is 0.343. The SMILES string of the molecule is CCNC(=NCc1cccc(S(N)(=O)=O)c1)NC1CCC(C)CC1.I. The van der Waals surface area contributed by atoms with Crippen LogP contribution in [0.15, 0.2) is 34.2 Å². The molecule has 25 heavy (non-hydrogen) atoms. The van der Waals surface area contributed by atoms with E-state index in [9.17, 15) is 8.42 Å². The van der Waals surface area contributed by atoms with Crippen molar-refractivity contribution in [2.45, 2.75) is 57.0 Å². The molecule has 0 bridgehead atoms. The fourth-order valence-electron chi connectivity index (χ4n) is 2.91. The van der Waals surface area contributed by atoms with E-state index in [1.54, 1.807) is 12.1 Å². The fourth-order valence-corrected chi connectivity index (χ4v) is 3.49. The third-order valence-corrected chi connectivity index (χ3v) is 5.26. The predicted molar refractivity (Wildman–Crippen MR) is 113 cm³/mol. The van der Waals surface area contributed by atoms with Crippen molar-refractivity contribution in [1.29, 1.82) is 0 Å². The van der Waals surface area contributed by atoms with Crippen molar-refractivity contribution in [3.63, 3.8) is 0 Å². The van der Waals surface area contributed by atoms with Gasteiger partial charge >= 0.3 is 0 Å². The molecule has 1 saturated carbocycles. The number of primary sulfonamides is 1. The van der Waals surface area contributed by atoms with E-state index in [0.29, 0.717) is 12.6 Å². The molecule has 0 atom stereocenters. The van der Waals surface area contributed by atoms with Crippen LogP contribution in [0.5, 0.6) is 0 Å². The lowest BCUT2D eigenvalue weighted by atomic mass is 9.87. The minimum Gasteiger partial charge on any atom is -0.357 e. The Morgan fingerprint density at radius 1 is 1.28 bits per heavy atom. The molecule has 1 aliphatic carbocycles. The van der Waals surface area contributed by atoms with E-state index >= 15 is 0 Å². The maximum atomic E-state index is 11.4. The summed E-state index contributed by atoms with van der Waals surface area (Å²) in [4.78, 5) is 4.70. The van der Waals surface area contributed by atoms with Crippen LogP contribution >= 0.6 is 24.0 Å². The summed E-state index contributed by atoms with van der Waals surface area (Å²) in [7, 11) is -3.68. The second kappa shape index (κ2) is 10.3. The van der Waals surface area contributed by atoms with Gasteiger partial charge in [-0.2, -0.15) is 0 Å². The largest absolute Gasteiger partial charge is 0.357 e. The highest BCUT2D eigenvalue weighted by Crippen LogP contribution is 2.23. The summed E-state index contributed by atoms with van der Waals surface area (Å²) in [6.07, 6.45) is 4.81. The molecule has 0 spiro atoms. The highest BCUT2D eigenvalue weighted by Gasteiger charge is 2.18. The second-order valence-corrected chi connectivity index (χ2v) is 8.05. The van der Waals surface area contributed by atoms with Gasteiger partial charge in [-0.3, -0.25) is 0 Å². The lowest BCUT2D eigenvalue weighted by Gasteiger charge is -2.28. The lowest BCUT2D eigenvalue weighted by molar-refractivity contribution is 0.329. The first-order valence-electron chi connectivity index (χ1n) is 8.55. The van der Waals surface area contributed by atoms with Crippen LogP contribution in [0.1, 0.15) is 45.1 Å². The second-order valence-electron chi connectivity index (χ2n) is 6.49. The molecule has 1 aliphatic rings. The molecule has 2 rings (SSSR count). The number of sulfonamides is 1. The van der Waals surface area contributed by atoms with Gasteiger partial charge in [0.05, 0.1) is 11.4 Å². The molecular formula is C17H29IN4O2S. The van der Waals surface area contributed by atoms with E-state index in [4.69, 9.17) is 5.14 Å². The maximum absolute atomic E-state index is 11.4. The number of nitrogens with two attached hydrogens (primary N) is 1. The topological polar surface area (TPSA) is 96.6 Å². The molecule has 0 radical (unpaired) electrons. The number of halogens is 1. The first kappa shape index (κ1) is 22.2. The van der Waals surface area contributed by atoms with Crippen molar-refractivity contribution in [2.75, 3.05) is 6.54 Å². The van der Waals surface area contributed by atoms with Gasteiger partial charge in [0.2, 0.25) is 10.0 Å². The van der Waals surface area contributed by atoms with Crippen molar-refractivity contribution in [2.24, 2.45) is 16.0 Å². The molecule has 6 nitrogen and oxygen atoms in total. The summed E-state index contributed by atoms with van der Waals surface area (Å²) in [6.45, 7) is 5.52. The summed E-state index contributed by atoms with van der Waals surface area (Å²) in [5, 5.41) is 11.9. The Hall–Kier alpha value is -0.870. The van der Waals surface area contributed by atoms with Crippen LogP contribution in [-0.4, -0.2) is 27.0 Å². The molecule has 142 valence electrons. The van der Waals surface area contributed by atoms with Gasteiger partial charge in [-0.25, -0.2) is 18.5 Å². The average Bonchev–Trinajstić information content (AvgIpc) is 2.54. The fraction of sp³-hybridized carbons (Fsp3) is 0.588. The van der Waals surface area contributed by atoms with Gasteiger partial charge in [0.1, 0.15) is 0 Å². The standard InChI is InChI=1S/C17H28N4O2S.HI/c1-3-19-17(21-15-9-7-13(2)8-10-15)20-12-14-5-4-6-16(11-14)24(18,22)23;/h4-6,11,13,15H,3,7-10,12H2,1-2H3,(H2,18,22,23)(H2,19,20,21);1H. The molecule has 0 amide bonds.